The van der Waals surface area contributed by atoms with Crippen molar-refractivity contribution in [2.45, 2.75) is 72.6 Å². The van der Waals surface area contributed by atoms with Crippen LogP contribution in [0.3, 0.4) is 0 Å². The summed E-state index contributed by atoms with van der Waals surface area (Å²) >= 11 is 2.64. The molecule has 1 nitrogen and oxygen atoms in total. The second-order valence-corrected chi connectivity index (χ2v) is 6.73. The van der Waals surface area contributed by atoms with E-state index in [0.29, 0.717) is 4.60 Å². The molecule has 0 atom stereocenters. The normalized spacial score (nSPS) is 12.4. The number of aliphatic hydroxyl groups is 1. The maximum absolute atomic E-state index is 9.05. The fourth-order valence-electron chi connectivity index (χ4n) is 1.94. The summed E-state index contributed by atoms with van der Waals surface area (Å²) in [5, 5.41) is 9.05. The summed E-state index contributed by atoms with van der Waals surface area (Å²) in [6.07, 6.45) is 14.5. The van der Waals surface area contributed by atoms with Crippen LogP contribution in [0.5, 0.6) is 0 Å². The summed E-state index contributed by atoms with van der Waals surface area (Å²) in [4.78, 5) is 0. The SMILES string of the molecule is CC(C)=CCCC(C)=CCCC(C)=CCCCC(O)=[Se]. The molecule has 0 fully saturated rings. The first-order valence-electron chi connectivity index (χ1n) is 7.58. The zero-order chi connectivity index (χ0) is 15.4. The predicted octanol–water partition coefficient (Wildman–Crippen LogP) is 5.25. The summed E-state index contributed by atoms with van der Waals surface area (Å²) in [6, 6.07) is 0. The van der Waals surface area contributed by atoms with Gasteiger partial charge in [0, 0.05) is 0 Å². The molecule has 0 amide bonds. The van der Waals surface area contributed by atoms with Crippen LogP contribution in [0.1, 0.15) is 72.6 Å². The molecule has 2 heteroatoms. The summed E-state index contributed by atoms with van der Waals surface area (Å²) in [7, 11) is 0. The van der Waals surface area contributed by atoms with Gasteiger partial charge in [0.25, 0.3) is 0 Å². The zero-order valence-electron chi connectivity index (χ0n) is 13.5. The first kappa shape index (κ1) is 19.4. The molecule has 0 saturated carbocycles. The third-order valence-electron chi connectivity index (χ3n) is 3.21. The number of aliphatic hydroxyl groups excluding tert-OH is 1. The van der Waals surface area contributed by atoms with E-state index in [4.69, 9.17) is 5.11 Å². The van der Waals surface area contributed by atoms with Crippen LogP contribution in [0.25, 0.3) is 0 Å². The maximum atomic E-state index is 9.05. The minimum atomic E-state index is 0.422. The number of rotatable bonds is 10. The predicted molar refractivity (Wildman–Crippen MR) is 92.0 cm³/mol. The molecular formula is C18H30OSe. The molecule has 0 radical (unpaired) electrons. The molecule has 0 saturated heterocycles. The van der Waals surface area contributed by atoms with Gasteiger partial charge in [0.1, 0.15) is 0 Å². The van der Waals surface area contributed by atoms with Crippen LogP contribution in [0.2, 0.25) is 0 Å². The Labute approximate surface area is 133 Å². The van der Waals surface area contributed by atoms with Crippen LogP contribution in [0, 0.1) is 0 Å². The molecule has 0 unspecified atom stereocenters. The summed E-state index contributed by atoms with van der Waals surface area (Å²) in [5.41, 5.74) is 4.36. The van der Waals surface area contributed by atoms with Crippen molar-refractivity contribution in [2.75, 3.05) is 0 Å². The molecule has 0 rings (SSSR count). The van der Waals surface area contributed by atoms with E-state index in [9.17, 15) is 0 Å². The van der Waals surface area contributed by atoms with Crippen LogP contribution in [-0.4, -0.2) is 25.3 Å². The van der Waals surface area contributed by atoms with Gasteiger partial charge in [0.2, 0.25) is 0 Å². The number of hydrogen-bond acceptors (Lipinski definition) is 1. The molecule has 0 spiro atoms. The van der Waals surface area contributed by atoms with E-state index in [1.165, 1.54) is 23.1 Å². The van der Waals surface area contributed by atoms with Gasteiger partial charge in [-0.3, -0.25) is 0 Å². The van der Waals surface area contributed by atoms with Crippen molar-refractivity contribution in [1.29, 1.82) is 0 Å². The zero-order valence-corrected chi connectivity index (χ0v) is 15.3. The topological polar surface area (TPSA) is 20.2 Å². The Kier molecular flexibility index (Phi) is 11.8. The molecule has 0 aliphatic heterocycles. The molecule has 114 valence electrons. The molecule has 20 heavy (non-hydrogen) atoms. The van der Waals surface area contributed by atoms with Crippen molar-refractivity contribution < 1.29 is 5.11 Å². The van der Waals surface area contributed by atoms with Crippen LogP contribution in [0.4, 0.5) is 0 Å². The van der Waals surface area contributed by atoms with Crippen molar-refractivity contribution >= 4 is 20.2 Å². The van der Waals surface area contributed by atoms with E-state index in [-0.39, 0.29) is 0 Å². The Morgan fingerprint density at radius 3 is 1.80 bits per heavy atom. The van der Waals surface area contributed by atoms with Gasteiger partial charge in [0.15, 0.2) is 0 Å². The summed E-state index contributed by atoms with van der Waals surface area (Å²) < 4.78 is 0.422. The Balaban J connectivity index is 3.82. The number of unbranched alkanes of at least 4 members (excludes halogenated alkanes) is 1. The van der Waals surface area contributed by atoms with Crippen molar-refractivity contribution in [2.24, 2.45) is 0 Å². The average molecular weight is 341 g/mol. The molecule has 0 heterocycles. The van der Waals surface area contributed by atoms with E-state index in [1.807, 2.05) is 0 Å². The van der Waals surface area contributed by atoms with Crippen molar-refractivity contribution in [3.05, 3.63) is 34.9 Å². The van der Waals surface area contributed by atoms with Gasteiger partial charge < -0.3 is 0 Å². The fraction of sp³-hybridized carbons (Fsp3) is 0.611. The van der Waals surface area contributed by atoms with Crippen LogP contribution >= 0.6 is 0 Å². The van der Waals surface area contributed by atoms with Gasteiger partial charge in [-0.1, -0.05) is 11.6 Å². The summed E-state index contributed by atoms with van der Waals surface area (Å²) in [5.74, 6) is 0. The second kappa shape index (κ2) is 12.2. The molecule has 0 aromatic heterocycles. The van der Waals surface area contributed by atoms with Crippen LogP contribution < -0.4 is 0 Å². The van der Waals surface area contributed by atoms with Gasteiger partial charge in [-0.25, -0.2) is 0 Å². The van der Waals surface area contributed by atoms with Crippen molar-refractivity contribution in [3.63, 3.8) is 0 Å². The standard InChI is InChI=1S/C18H30OSe/c1-15(2)9-7-11-17(4)13-8-12-16(3)10-5-6-14-18(19)20/h9-10,13H,5-8,11-12,14H2,1-4H3,(H,19,20). The van der Waals surface area contributed by atoms with Gasteiger partial charge in [-0.2, -0.15) is 0 Å². The number of hydrogen-bond donors (Lipinski definition) is 1. The number of allylic oxidation sites excluding steroid dienone is 6. The van der Waals surface area contributed by atoms with Gasteiger partial charge in [-0.05, 0) is 13.8 Å². The molecule has 0 aromatic carbocycles. The monoisotopic (exact) mass is 342 g/mol. The average Bonchev–Trinajstić information content (AvgIpc) is 2.34. The van der Waals surface area contributed by atoms with Gasteiger partial charge in [0.05, 0.1) is 0 Å². The van der Waals surface area contributed by atoms with Crippen molar-refractivity contribution in [1.82, 2.24) is 0 Å². The van der Waals surface area contributed by atoms with E-state index >= 15 is 0 Å². The molecule has 0 aliphatic rings. The fourth-order valence-corrected chi connectivity index (χ4v) is 2.24. The Morgan fingerprint density at radius 2 is 1.30 bits per heavy atom. The van der Waals surface area contributed by atoms with Crippen LogP contribution in [-0.2, 0) is 0 Å². The van der Waals surface area contributed by atoms with Crippen molar-refractivity contribution in [3.8, 4) is 0 Å². The Bertz CT molecular complexity index is 371. The Hall–Kier alpha value is -0.591. The Morgan fingerprint density at radius 1 is 0.800 bits per heavy atom. The summed E-state index contributed by atoms with van der Waals surface area (Å²) in [6.45, 7) is 8.74. The first-order chi connectivity index (χ1) is 9.41. The minimum absolute atomic E-state index is 0.422. The van der Waals surface area contributed by atoms with Crippen LogP contribution in [0.15, 0.2) is 34.9 Å². The molecule has 0 aliphatic carbocycles. The third kappa shape index (κ3) is 13.8. The molecule has 1 N–H and O–H groups in total. The third-order valence-corrected chi connectivity index (χ3v) is 3.64. The van der Waals surface area contributed by atoms with E-state index in [2.05, 4.69) is 61.5 Å². The van der Waals surface area contributed by atoms with E-state index in [0.717, 1.165) is 38.5 Å². The van der Waals surface area contributed by atoms with E-state index < -0.39 is 0 Å². The first-order valence-corrected chi connectivity index (χ1v) is 8.44. The van der Waals surface area contributed by atoms with Gasteiger partial charge >= 0.3 is 107 Å². The second-order valence-electron chi connectivity index (χ2n) is 5.75. The van der Waals surface area contributed by atoms with E-state index in [1.54, 1.807) is 0 Å². The van der Waals surface area contributed by atoms with Gasteiger partial charge in [-0.15, -0.1) is 0 Å². The molecule has 0 bridgehead atoms. The molecular weight excluding hydrogens is 311 g/mol. The molecule has 0 aromatic rings. The quantitative estimate of drug-likeness (QED) is 0.327.